The van der Waals surface area contributed by atoms with Crippen LogP contribution in [-0.4, -0.2) is 22.0 Å². The number of anilines is 3. The monoisotopic (exact) mass is 446 g/mol. The van der Waals surface area contributed by atoms with Gasteiger partial charge in [-0.25, -0.2) is 4.98 Å². The molecule has 0 spiro atoms. The van der Waals surface area contributed by atoms with E-state index in [1.54, 1.807) is 43.3 Å². The first kappa shape index (κ1) is 22.4. The van der Waals surface area contributed by atoms with Crippen LogP contribution < -0.4 is 16.4 Å². The molecule has 2 amide bonds. The summed E-state index contributed by atoms with van der Waals surface area (Å²) in [5, 5.41) is 24.3. The maximum atomic E-state index is 12.7. The molecule has 32 heavy (non-hydrogen) atoms. The molecule has 3 rings (SSSR count). The Kier molecular flexibility index (Phi) is 6.78. The van der Waals surface area contributed by atoms with Crippen molar-refractivity contribution in [1.29, 1.82) is 10.5 Å². The fourth-order valence-corrected chi connectivity index (χ4v) is 3.77. The highest BCUT2D eigenvalue weighted by molar-refractivity contribution is 8.00. The number of aromatic nitrogens is 1. The fourth-order valence-electron chi connectivity index (χ4n) is 2.86. The van der Waals surface area contributed by atoms with Crippen molar-refractivity contribution in [3.8, 4) is 23.5 Å². The maximum Gasteiger partial charge on any atom is 0.237 e. The summed E-state index contributed by atoms with van der Waals surface area (Å²) in [5.41, 5.74) is 7.50. The number of nitrogens with one attached hydrogen (secondary N) is 2. The van der Waals surface area contributed by atoms with Crippen LogP contribution in [0.1, 0.15) is 25.0 Å². The Hall–Kier alpha value is -4.28. The largest absolute Gasteiger partial charge is 0.464 e. The molecule has 10 heteroatoms. The minimum atomic E-state index is -0.638. The van der Waals surface area contributed by atoms with Crippen molar-refractivity contribution in [3.05, 3.63) is 53.8 Å². The summed E-state index contributed by atoms with van der Waals surface area (Å²) >= 11 is 1.04. The summed E-state index contributed by atoms with van der Waals surface area (Å²) in [7, 11) is 0. The molecule has 0 aliphatic heterocycles. The second-order valence-corrected chi connectivity index (χ2v) is 7.97. The zero-order valence-electron chi connectivity index (χ0n) is 17.2. The quantitative estimate of drug-likeness (QED) is 0.483. The van der Waals surface area contributed by atoms with Crippen molar-refractivity contribution >= 4 is 40.8 Å². The van der Waals surface area contributed by atoms with Gasteiger partial charge in [-0.2, -0.15) is 10.5 Å². The number of thioether (sulfide) groups is 1. The molecule has 0 bridgehead atoms. The number of hydrogen-bond acceptors (Lipinski definition) is 8. The first-order valence-electron chi connectivity index (χ1n) is 9.36. The van der Waals surface area contributed by atoms with E-state index in [9.17, 15) is 20.1 Å². The third kappa shape index (κ3) is 4.89. The topological polar surface area (TPSA) is 158 Å². The second-order valence-electron chi connectivity index (χ2n) is 6.64. The number of nitriles is 2. The number of hydrogen-bond donors (Lipinski definition) is 3. The van der Waals surface area contributed by atoms with Gasteiger partial charge in [-0.3, -0.25) is 9.59 Å². The van der Waals surface area contributed by atoms with Crippen molar-refractivity contribution in [1.82, 2.24) is 4.98 Å². The Labute approximate surface area is 188 Å². The van der Waals surface area contributed by atoms with E-state index < -0.39 is 5.25 Å². The molecular formula is C22H18N6O3S. The highest BCUT2D eigenvalue weighted by Crippen LogP contribution is 2.37. The molecule has 1 aromatic carbocycles. The lowest BCUT2D eigenvalue weighted by molar-refractivity contribution is -0.115. The Morgan fingerprint density at radius 3 is 2.25 bits per heavy atom. The average Bonchev–Trinajstić information content (AvgIpc) is 3.28. The molecule has 0 saturated carbocycles. The summed E-state index contributed by atoms with van der Waals surface area (Å²) in [4.78, 5) is 28.0. The van der Waals surface area contributed by atoms with Crippen molar-refractivity contribution in [2.45, 2.75) is 24.1 Å². The van der Waals surface area contributed by atoms with Crippen LogP contribution in [0.15, 0.2) is 52.1 Å². The van der Waals surface area contributed by atoms with E-state index in [4.69, 9.17) is 10.2 Å². The van der Waals surface area contributed by atoms with Crippen LogP contribution in [0.5, 0.6) is 0 Å². The van der Waals surface area contributed by atoms with Crippen LogP contribution in [0, 0.1) is 22.7 Å². The zero-order valence-corrected chi connectivity index (χ0v) is 18.0. The number of furan rings is 1. The molecule has 0 aliphatic rings. The number of pyridine rings is 1. The van der Waals surface area contributed by atoms with E-state index in [-0.39, 0.29) is 39.3 Å². The molecule has 1 atom stereocenters. The molecule has 1 unspecified atom stereocenters. The van der Waals surface area contributed by atoms with Crippen LogP contribution in [-0.2, 0) is 9.59 Å². The molecule has 2 heterocycles. The van der Waals surface area contributed by atoms with Gasteiger partial charge in [-0.05, 0) is 43.3 Å². The fraction of sp³-hybridized carbons (Fsp3) is 0.136. The molecule has 9 nitrogen and oxygen atoms in total. The third-order valence-corrected chi connectivity index (χ3v) is 5.40. The Morgan fingerprint density at radius 1 is 1.09 bits per heavy atom. The number of carbonyl (C=O) groups excluding carboxylic acids is 2. The number of benzene rings is 1. The van der Waals surface area contributed by atoms with Gasteiger partial charge >= 0.3 is 0 Å². The third-order valence-electron chi connectivity index (χ3n) is 4.31. The molecule has 4 N–H and O–H groups in total. The number of nitrogen functional groups attached to an aromatic ring is 1. The smallest absolute Gasteiger partial charge is 0.237 e. The predicted molar refractivity (Wildman–Crippen MR) is 120 cm³/mol. The highest BCUT2D eigenvalue weighted by Gasteiger charge is 2.25. The van der Waals surface area contributed by atoms with Crippen molar-refractivity contribution < 1.29 is 14.0 Å². The first-order chi connectivity index (χ1) is 15.3. The van der Waals surface area contributed by atoms with Crippen LogP contribution in [0.4, 0.5) is 17.2 Å². The van der Waals surface area contributed by atoms with Gasteiger partial charge in [0.05, 0.1) is 22.6 Å². The van der Waals surface area contributed by atoms with Gasteiger partial charge in [-0.15, -0.1) is 0 Å². The lowest BCUT2D eigenvalue weighted by atomic mass is 10.0. The van der Waals surface area contributed by atoms with Gasteiger partial charge in [0.25, 0.3) is 0 Å². The first-order valence-corrected chi connectivity index (χ1v) is 10.2. The summed E-state index contributed by atoms with van der Waals surface area (Å²) in [6.07, 6.45) is 1.42. The standard InChI is InChI=1S/C22H18N6O3S/c1-12(21(30)27-15-7-5-14(6-8-15)26-13(2)29)32-22-17(11-24)19(18-4-3-9-31-18)16(10-23)20(25)28-22/h3-9,12H,1-2H3,(H2,25,28)(H,26,29)(H,27,30). The van der Waals surface area contributed by atoms with Gasteiger partial charge < -0.3 is 20.8 Å². The second kappa shape index (κ2) is 9.69. The van der Waals surface area contributed by atoms with Gasteiger partial charge in [0.2, 0.25) is 11.8 Å². The van der Waals surface area contributed by atoms with Gasteiger partial charge in [0, 0.05) is 18.3 Å². The lowest BCUT2D eigenvalue weighted by Gasteiger charge is -2.15. The SMILES string of the molecule is CC(=O)Nc1ccc(NC(=O)C(C)Sc2nc(N)c(C#N)c(-c3ccco3)c2C#N)cc1. The van der Waals surface area contributed by atoms with Crippen LogP contribution in [0.2, 0.25) is 0 Å². The van der Waals surface area contributed by atoms with Gasteiger partial charge in [0.15, 0.2) is 0 Å². The number of amides is 2. The summed E-state index contributed by atoms with van der Waals surface area (Å²) in [5.74, 6) is -0.259. The normalized spacial score (nSPS) is 11.1. The molecule has 3 aromatic rings. The summed E-state index contributed by atoms with van der Waals surface area (Å²) in [6.45, 7) is 3.07. The summed E-state index contributed by atoms with van der Waals surface area (Å²) < 4.78 is 5.38. The minimum absolute atomic E-state index is 0.0391. The van der Waals surface area contributed by atoms with Gasteiger partial charge in [0.1, 0.15) is 34.3 Å². The zero-order chi connectivity index (χ0) is 23.3. The maximum absolute atomic E-state index is 12.7. The molecule has 160 valence electrons. The molecular weight excluding hydrogens is 428 g/mol. The molecule has 0 saturated heterocycles. The molecule has 0 aliphatic carbocycles. The Bertz CT molecular complexity index is 1240. The Balaban J connectivity index is 1.84. The lowest BCUT2D eigenvalue weighted by Crippen LogP contribution is -2.22. The van der Waals surface area contributed by atoms with Crippen molar-refractivity contribution in [3.63, 3.8) is 0 Å². The Morgan fingerprint density at radius 2 is 1.72 bits per heavy atom. The van der Waals surface area contributed by atoms with E-state index in [2.05, 4.69) is 21.7 Å². The average molecular weight is 446 g/mol. The van der Waals surface area contributed by atoms with E-state index in [0.717, 1.165) is 11.8 Å². The molecule has 0 radical (unpaired) electrons. The molecule has 0 fully saturated rings. The number of carbonyl (C=O) groups is 2. The number of nitrogens with two attached hydrogens (primary N) is 1. The summed E-state index contributed by atoms with van der Waals surface area (Å²) in [6, 6.07) is 13.9. The minimum Gasteiger partial charge on any atom is -0.464 e. The van der Waals surface area contributed by atoms with E-state index in [0.29, 0.717) is 17.1 Å². The van der Waals surface area contributed by atoms with Gasteiger partial charge in [-0.1, -0.05) is 11.8 Å². The number of rotatable bonds is 6. The van der Waals surface area contributed by atoms with E-state index in [1.807, 2.05) is 6.07 Å². The predicted octanol–water partition coefficient (Wildman–Crippen LogP) is 3.74. The number of nitrogens with zero attached hydrogens (tertiary/aromatic N) is 3. The van der Waals surface area contributed by atoms with E-state index in [1.165, 1.54) is 13.2 Å². The van der Waals surface area contributed by atoms with E-state index >= 15 is 0 Å². The molecule has 2 aromatic heterocycles. The van der Waals surface area contributed by atoms with Crippen molar-refractivity contribution in [2.24, 2.45) is 0 Å². The van der Waals surface area contributed by atoms with Crippen LogP contribution >= 0.6 is 11.8 Å². The van der Waals surface area contributed by atoms with Crippen LogP contribution in [0.3, 0.4) is 0 Å². The van der Waals surface area contributed by atoms with Crippen LogP contribution in [0.25, 0.3) is 11.3 Å². The highest BCUT2D eigenvalue weighted by atomic mass is 32.2. The van der Waals surface area contributed by atoms with Crippen molar-refractivity contribution in [2.75, 3.05) is 16.4 Å².